The summed E-state index contributed by atoms with van der Waals surface area (Å²) < 4.78 is 5.92. The minimum Gasteiger partial charge on any atom is -0.374 e. The largest absolute Gasteiger partial charge is 0.374 e. The molecule has 1 nitrogen and oxygen atoms in total. The molecule has 3 unspecified atom stereocenters. The van der Waals surface area contributed by atoms with E-state index in [0.29, 0.717) is 18.1 Å². The SMILES string of the molecule is CC1=CCC2OC(C)CCC2C=C1.I. The summed E-state index contributed by atoms with van der Waals surface area (Å²) in [5.74, 6) is 0.657. The van der Waals surface area contributed by atoms with Gasteiger partial charge in [-0.25, -0.2) is 0 Å². The van der Waals surface area contributed by atoms with Crippen LogP contribution < -0.4 is 0 Å². The maximum atomic E-state index is 5.92. The van der Waals surface area contributed by atoms with Crippen LogP contribution >= 0.6 is 24.0 Å². The Kier molecular flexibility index (Phi) is 4.64. The second-order valence-electron chi connectivity index (χ2n) is 4.27. The molecule has 0 spiro atoms. The van der Waals surface area contributed by atoms with E-state index in [1.807, 2.05) is 0 Å². The lowest BCUT2D eigenvalue weighted by molar-refractivity contribution is -0.0596. The summed E-state index contributed by atoms with van der Waals surface area (Å²) in [6, 6.07) is 0. The topological polar surface area (TPSA) is 9.23 Å². The van der Waals surface area contributed by atoms with Gasteiger partial charge in [0, 0.05) is 5.92 Å². The van der Waals surface area contributed by atoms with Crippen molar-refractivity contribution >= 4 is 24.0 Å². The van der Waals surface area contributed by atoms with E-state index in [-0.39, 0.29) is 24.0 Å². The van der Waals surface area contributed by atoms with Crippen LogP contribution in [0.4, 0.5) is 0 Å². The van der Waals surface area contributed by atoms with Crippen molar-refractivity contribution in [1.82, 2.24) is 0 Å². The number of hydrogen-bond donors (Lipinski definition) is 0. The lowest BCUT2D eigenvalue weighted by atomic mass is 9.91. The molecule has 0 aromatic rings. The fourth-order valence-corrected chi connectivity index (χ4v) is 2.18. The van der Waals surface area contributed by atoms with Gasteiger partial charge in [0.15, 0.2) is 0 Å². The van der Waals surface area contributed by atoms with E-state index in [1.54, 1.807) is 0 Å². The zero-order valence-electron chi connectivity index (χ0n) is 8.90. The molecule has 1 saturated heterocycles. The zero-order chi connectivity index (χ0) is 9.26. The summed E-state index contributed by atoms with van der Waals surface area (Å²) in [7, 11) is 0. The summed E-state index contributed by atoms with van der Waals surface area (Å²) in [5.41, 5.74) is 1.38. The van der Waals surface area contributed by atoms with Crippen molar-refractivity contribution in [1.29, 1.82) is 0 Å². The molecule has 0 aromatic carbocycles. The molecule has 80 valence electrons. The van der Waals surface area contributed by atoms with Crippen molar-refractivity contribution in [3.8, 4) is 0 Å². The smallest absolute Gasteiger partial charge is 0.0675 e. The highest BCUT2D eigenvalue weighted by atomic mass is 127. The van der Waals surface area contributed by atoms with E-state index >= 15 is 0 Å². The summed E-state index contributed by atoms with van der Waals surface area (Å²) in [5, 5.41) is 0. The van der Waals surface area contributed by atoms with Crippen molar-refractivity contribution in [2.75, 3.05) is 0 Å². The van der Waals surface area contributed by atoms with Crippen molar-refractivity contribution in [3.05, 3.63) is 23.8 Å². The Morgan fingerprint density at radius 2 is 2.14 bits per heavy atom. The molecule has 0 bridgehead atoms. The van der Waals surface area contributed by atoms with E-state index in [4.69, 9.17) is 4.74 Å². The lowest BCUT2D eigenvalue weighted by Crippen LogP contribution is -2.32. The Bertz CT molecular complexity index is 245. The highest BCUT2D eigenvalue weighted by molar-refractivity contribution is 14.0. The third-order valence-electron chi connectivity index (χ3n) is 3.07. The molecule has 1 fully saturated rings. The first-order valence-electron chi connectivity index (χ1n) is 5.26. The van der Waals surface area contributed by atoms with E-state index < -0.39 is 0 Å². The van der Waals surface area contributed by atoms with Crippen molar-refractivity contribution in [2.24, 2.45) is 5.92 Å². The number of rotatable bonds is 0. The summed E-state index contributed by atoms with van der Waals surface area (Å²) in [4.78, 5) is 0. The fraction of sp³-hybridized carbons (Fsp3) is 0.667. The molecule has 2 aliphatic rings. The zero-order valence-corrected chi connectivity index (χ0v) is 11.2. The van der Waals surface area contributed by atoms with Gasteiger partial charge in [-0.15, -0.1) is 24.0 Å². The molecule has 0 saturated carbocycles. The van der Waals surface area contributed by atoms with Crippen LogP contribution in [-0.2, 0) is 4.74 Å². The van der Waals surface area contributed by atoms with Gasteiger partial charge >= 0.3 is 0 Å². The van der Waals surface area contributed by atoms with Gasteiger partial charge in [-0.05, 0) is 33.1 Å². The molecule has 3 atom stereocenters. The number of halogens is 1. The normalized spacial score (nSPS) is 36.4. The Morgan fingerprint density at radius 3 is 2.93 bits per heavy atom. The monoisotopic (exact) mass is 306 g/mol. The molecule has 0 amide bonds. The van der Waals surface area contributed by atoms with Gasteiger partial charge in [0.05, 0.1) is 12.2 Å². The molecule has 14 heavy (non-hydrogen) atoms. The first-order valence-corrected chi connectivity index (χ1v) is 5.26. The van der Waals surface area contributed by atoms with E-state index in [0.717, 1.165) is 6.42 Å². The quantitative estimate of drug-likeness (QED) is 0.620. The molecule has 2 rings (SSSR count). The van der Waals surface area contributed by atoms with E-state index in [2.05, 4.69) is 32.1 Å². The lowest BCUT2D eigenvalue weighted by Gasteiger charge is -2.32. The van der Waals surface area contributed by atoms with Gasteiger partial charge in [-0.1, -0.05) is 23.8 Å². The van der Waals surface area contributed by atoms with Crippen molar-refractivity contribution in [2.45, 2.75) is 45.3 Å². The molecular weight excluding hydrogens is 287 g/mol. The maximum Gasteiger partial charge on any atom is 0.0675 e. The average molecular weight is 306 g/mol. The first kappa shape index (κ1) is 12.2. The molecular formula is C12H19IO. The Hall–Kier alpha value is 0.170. The highest BCUT2D eigenvalue weighted by Gasteiger charge is 2.27. The third-order valence-corrected chi connectivity index (χ3v) is 3.07. The number of hydrogen-bond acceptors (Lipinski definition) is 1. The number of fused-ring (bicyclic) bond motifs is 1. The highest BCUT2D eigenvalue weighted by Crippen LogP contribution is 2.30. The minimum absolute atomic E-state index is 0. The predicted octanol–water partition coefficient (Wildman–Crippen LogP) is 3.69. The molecule has 1 aliphatic carbocycles. The molecule has 0 N–H and O–H groups in total. The first-order chi connectivity index (χ1) is 6.25. The van der Waals surface area contributed by atoms with Crippen LogP contribution in [-0.4, -0.2) is 12.2 Å². The van der Waals surface area contributed by atoms with Crippen LogP contribution in [0, 0.1) is 5.92 Å². The van der Waals surface area contributed by atoms with Gasteiger partial charge < -0.3 is 4.74 Å². The van der Waals surface area contributed by atoms with Gasteiger partial charge in [-0.2, -0.15) is 0 Å². The Balaban J connectivity index is 0.000000980. The van der Waals surface area contributed by atoms with Gasteiger partial charge in [0.1, 0.15) is 0 Å². The van der Waals surface area contributed by atoms with E-state index in [1.165, 1.54) is 18.4 Å². The van der Waals surface area contributed by atoms with Crippen LogP contribution in [0.5, 0.6) is 0 Å². The molecule has 0 aromatic heterocycles. The van der Waals surface area contributed by atoms with Gasteiger partial charge in [-0.3, -0.25) is 0 Å². The van der Waals surface area contributed by atoms with Crippen molar-refractivity contribution in [3.63, 3.8) is 0 Å². The van der Waals surface area contributed by atoms with Crippen LogP contribution in [0.3, 0.4) is 0 Å². The van der Waals surface area contributed by atoms with Crippen LogP contribution in [0.1, 0.15) is 33.1 Å². The third kappa shape index (κ3) is 2.83. The van der Waals surface area contributed by atoms with Crippen molar-refractivity contribution < 1.29 is 4.74 Å². The van der Waals surface area contributed by atoms with Gasteiger partial charge in [0.25, 0.3) is 0 Å². The number of allylic oxidation sites excluding steroid dienone is 2. The summed E-state index contributed by atoms with van der Waals surface area (Å²) in [6.45, 7) is 4.35. The fourth-order valence-electron chi connectivity index (χ4n) is 2.18. The average Bonchev–Trinajstić information content (AvgIpc) is 2.29. The van der Waals surface area contributed by atoms with Gasteiger partial charge in [0.2, 0.25) is 0 Å². The molecule has 0 radical (unpaired) electrons. The Morgan fingerprint density at radius 1 is 1.36 bits per heavy atom. The summed E-state index contributed by atoms with van der Waals surface area (Å²) in [6.07, 6.45) is 11.4. The minimum atomic E-state index is 0. The molecule has 2 heteroatoms. The maximum absolute atomic E-state index is 5.92. The summed E-state index contributed by atoms with van der Waals surface area (Å²) >= 11 is 0. The second kappa shape index (κ2) is 5.31. The number of ether oxygens (including phenoxy) is 1. The second-order valence-corrected chi connectivity index (χ2v) is 4.27. The molecule has 1 aliphatic heterocycles. The van der Waals surface area contributed by atoms with Crippen LogP contribution in [0.25, 0.3) is 0 Å². The Labute approximate surface area is 104 Å². The van der Waals surface area contributed by atoms with Crippen LogP contribution in [0.2, 0.25) is 0 Å². The molecule has 1 heterocycles. The van der Waals surface area contributed by atoms with E-state index in [9.17, 15) is 0 Å². The van der Waals surface area contributed by atoms with Crippen LogP contribution in [0.15, 0.2) is 23.8 Å². The standard InChI is InChI=1S/C12H18O.HI/c1-9-3-6-11-7-5-10(2)13-12(11)8-4-9;/h3-4,6,10-12H,5,7-8H2,1-2H3;1H. The predicted molar refractivity (Wildman–Crippen MR) is 70.0 cm³/mol.